The van der Waals surface area contributed by atoms with E-state index in [9.17, 15) is 9.18 Å². The molecule has 2 aromatic rings. The van der Waals surface area contributed by atoms with Gasteiger partial charge in [0.25, 0.3) is 5.91 Å². The minimum absolute atomic E-state index is 0.0261. The second-order valence-electron chi connectivity index (χ2n) is 8.25. The van der Waals surface area contributed by atoms with E-state index in [2.05, 4.69) is 26.1 Å². The highest BCUT2D eigenvalue weighted by molar-refractivity contribution is 6.05. The van der Waals surface area contributed by atoms with Crippen molar-refractivity contribution in [1.29, 1.82) is 0 Å². The number of benzene rings is 2. The molecule has 0 saturated heterocycles. The number of rotatable bonds is 3. The van der Waals surface area contributed by atoms with Gasteiger partial charge in [0.2, 0.25) is 0 Å². The van der Waals surface area contributed by atoms with Gasteiger partial charge in [-0.1, -0.05) is 39.3 Å². The summed E-state index contributed by atoms with van der Waals surface area (Å²) in [6, 6.07) is 9.42. The molecule has 3 nitrogen and oxygen atoms in total. The molecule has 144 valence electrons. The molecule has 0 heterocycles. The van der Waals surface area contributed by atoms with Crippen LogP contribution in [0.2, 0.25) is 0 Å². The molecular weight excluding hydrogens is 341 g/mol. The summed E-state index contributed by atoms with van der Waals surface area (Å²) in [6.07, 6.45) is 4.68. The van der Waals surface area contributed by atoms with Crippen molar-refractivity contribution in [2.24, 2.45) is 0 Å². The van der Waals surface area contributed by atoms with Crippen LogP contribution in [0.4, 0.5) is 10.1 Å². The first-order valence-corrected chi connectivity index (χ1v) is 9.61. The number of methoxy groups -OCH3 is 1. The van der Waals surface area contributed by atoms with Crippen LogP contribution >= 0.6 is 0 Å². The number of carbonyl (C=O) groups is 1. The SMILES string of the molecule is COc1c(NC(=O)c2ccc(C(C)(C)C)cc2)cc2c(c1F)CCCCC2. The van der Waals surface area contributed by atoms with E-state index in [1.54, 1.807) is 0 Å². The van der Waals surface area contributed by atoms with E-state index in [0.717, 1.165) is 48.8 Å². The lowest BCUT2D eigenvalue weighted by Gasteiger charge is -2.19. The second-order valence-corrected chi connectivity index (χ2v) is 8.25. The molecule has 1 aliphatic carbocycles. The van der Waals surface area contributed by atoms with Gasteiger partial charge in [-0.25, -0.2) is 4.39 Å². The maximum Gasteiger partial charge on any atom is 0.255 e. The van der Waals surface area contributed by atoms with Crippen molar-refractivity contribution in [3.8, 4) is 5.75 Å². The topological polar surface area (TPSA) is 38.3 Å². The molecule has 1 amide bonds. The lowest BCUT2D eigenvalue weighted by molar-refractivity contribution is 0.102. The van der Waals surface area contributed by atoms with Crippen LogP contribution < -0.4 is 10.1 Å². The predicted octanol–water partition coefficient (Wildman–Crippen LogP) is 5.65. The number of amides is 1. The van der Waals surface area contributed by atoms with E-state index in [0.29, 0.717) is 11.3 Å². The summed E-state index contributed by atoms with van der Waals surface area (Å²) in [4.78, 5) is 12.7. The van der Waals surface area contributed by atoms with Crippen LogP contribution in [0.3, 0.4) is 0 Å². The van der Waals surface area contributed by atoms with Crippen LogP contribution in [-0.2, 0) is 18.3 Å². The van der Waals surface area contributed by atoms with Crippen LogP contribution in [0, 0.1) is 5.82 Å². The first kappa shape index (κ1) is 19.4. The van der Waals surface area contributed by atoms with E-state index in [4.69, 9.17) is 4.74 Å². The molecule has 0 radical (unpaired) electrons. The fraction of sp³-hybridized carbons (Fsp3) is 0.435. The summed E-state index contributed by atoms with van der Waals surface area (Å²) in [5.74, 6) is -0.479. The summed E-state index contributed by atoms with van der Waals surface area (Å²) in [6.45, 7) is 6.39. The number of carbonyl (C=O) groups excluding carboxylic acids is 1. The monoisotopic (exact) mass is 369 g/mol. The molecule has 3 rings (SSSR count). The lowest BCUT2D eigenvalue weighted by atomic mass is 9.86. The Morgan fingerprint density at radius 3 is 2.37 bits per heavy atom. The van der Waals surface area contributed by atoms with Crippen molar-refractivity contribution in [3.63, 3.8) is 0 Å². The Kier molecular flexibility index (Phi) is 5.54. The minimum atomic E-state index is -0.338. The van der Waals surface area contributed by atoms with Crippen molar-refractivity contribution in [2.75, 3.05) is 12.4 Å². The van der Waals surface area contributed by atoms with Gasteiger partial charge in [0.05, 0.1) is 12.8 Å². The number of hydrogen-bond acceptors (Lipinski definition) is 2. The average molecular weight is 369 g/mol. The number of halogens is 1. The molecule has 0 atom stereocenters. The quantitative estimate of drug-likeness (QED) is 0.710. The Labute approximate surface area is 160 Å². The predicted molar refractivity (Wildman–Crippen MR) is 107 cm³/mol. The highest BCUT2D eigenvalue weighted by Gasteiger charge is 2.22. The Balaban J connectivity index is 1.89. The number of aryl methyl sites for hydroxylation is 1. The van der Waals surface area contributed by atoms with Crippen LogP contribution in [0.15, 0.2) is 30.3 Å². The number of ether oxygens (including phenoxy) is 1. The molecule has 0 saturated carbocycles. The van der Waals surface area contributed by atoms with Crippen molar-refractivity contribution in [1.82, 2.24) is 0 Å². The standard InChI is InChI=1S/C23H28FNO2/c1-23(2,3)17-12-10-15(11-13-17)22(26)25-19-14-16-8-6-5-7-9-18(16)20(24)21(19)27-4/h10-14H,5-9H2,1-4H3,(H,25,26). The Morgan fingerprint density at radius 1 is 1.07 bits per heavy atom. The largest absolute Gasteiger partial charge is 0.492 e. The fourth-order valence-electron chi connectivity index (χ4n) is 3.62. The maximum absolute atomic E-state index is 15.0. The summed E-state index contributed by atoms with van der Waals surface area (Å²) >= 11 is 0. The van der Waals surface area contributed by atoms with Crippen LogP contribution in [-0.4, -0.2) is 13.0 Å². The van der Waals surface area contributed by atoms with Gasteiger partial charge in [-0.05, 0) is 66.0 Å². The van der Waals surface area contributed by atoms with Gasteiger partial charge >= 0.3 is 0 Å². The maximum atomic E-state index is 15.0. The average Bonchev–Trinajstić information content (AvgIpc) is 2.87. The van der Waals surface area contributed by atoms with Gasteiger partial charge in [0, 0.05) is 5.56 Å². The molecule has 0 bridgehead atoms. The molecule has 27 heavy (non-hydrogen) atoms. The van der Waals surface area contributed by atoms with Crippen LogP contribution in [0.5, 0.6) is 5.75 Å². The van der Waals surface area contributed by atoms with Gasteiger partial charge in [-0.15, -0.1) is 0 Å². The van der Waals surface area contributed by atoms with Crippen LogP contribution in [0.25, 0.3) is 0 Å². The molecule has 1 aliphatic rings. The van der Waals surface area contributed by atoms with E-state index in [1.807, 2.05) is 30.3 Å². The number of nitrogens with one attached hydrogen (secondary N) is 1. The van der Waals surface area contributed by atoms with Crippen LogP contribution in [0.1, 0.15) is 67.1 Å². The first-order chi connectivity index (χ1) is 12.8. The molecule has 2 aromatic carbocycles. The normalized spacial score (nSPS) is 14.3. The van der Waals surface area contributed by atoms with Gasteiger partial charge in [0.1, 0.15) is 0 Å². The number of hydrogen-bond donors (Lipinski definition) is 1. The highest BCUT2D eigenvalue weighted by Crippen LogP contribution is 2.36. The molecule has 0 aromatic heterocycles. The van der Waals surface area contributed by atoms with Gasteiger partial charge in [-0.2, -0.15) is 0 Å². The lowest BCUT2D eigenvalue weighted by Crippen LogP contribution is -2.15. The molecule has 4 heteroatoms. The van der Waals surface area contributed by atoms with Crippen molar-refractivity contribution in [2.45, 2.75) is 58.3 Å². The third kappa shape index (κ3) is 4.15. The smallest absolute Gasteiger partial charge is 0.255 e. The Morgan fingerprint density at radius 2 is 1.74 bits per heavy atom. The van der Waals surface area contributed by atoms with E-state index < -0.39 is 0 Å². The second kappa shape index (κ2) is 7.71. The van der Waals surface area contributed by atoms with E-state index >= 15 is 0 Å². The molecular formula is C23H28FNO2. The zero-order valence-electron chi connectivity index (χ0n) is 16.6. The van der Waals surface area contributed by atoms with Crippen molar-refractivity contribution < 1.29 is 13.9 Å². The molecule has 0 unspecified atom stereocenters. The van der Waals surface area contributed by atoms with Gasteiger partial charge in [-0.3, -0.25) is 4.79 Å². The third-order valence-corrected chi connectivity index (χ3v) is 5.25. The Hall–Kier alpha value is -2.36. The summed E-state index contributed by atoms with van der Waals surface area (Å²) in [7, 11) is 1.44. The Bertz CT molecular complexity index is 835. The van der Waals surface area contributed by atoms with E-state index in [1.165, 1.54) is 7.11 Å². The zero-order valence-corrected chi connectivity index (χ0v) is 16.6. The van der Waals surface area contributed by atoms with Crippen molar-refractivity contribution in [3.05, 3.63) is 58.4 Å². The minimum Gasteiger partial charge on any atom is -0.492 e. The van der Waals surface area contributed by atoms with E-state index in [-0.39, 0.29) is 22.9 Å². The first-order valence-electron chi connectivity index (χ1n) is 9.61. The highest BCUT2D eigenvalue weighted by atomic mass is 19.1. The number of fused-ring (bicyclic) bond motifs is 1. The number of anilines is 1. The summed E-state index contributed by atoms with van der Waals surface area (Å²) < 4.78 is 20.3. The molecule has 1 N–H and O–H groups in total. The summed E-state index contributed by atoms with van der Waals surface area (Å²) in [5, 5.41) is 2.84. The molecule has 0 aliphatic heterocycles. The zero-order chi connectivity index (χ0) is 19.6. The molecule has 0 fully saturated rings. The van der Waals surface area contributed by atoms with Crippen molar-refractivity contribution >= 4 is 11.6 Å². The molecule has 0 spiro atoms. The fourth-order valence-corrected chi connectivity index (χ4v) is 3.62. The van der Waals surface area contributed by atoms with Gasteiger partial charge in [0.15, 0.2) is 11.6 Å². The summed E-state index contributed by atoms with van der Waals surface area (Å²) in [5.41, 5.74) is 3.84. The third-order valence-electron chi connectivity index (χ3n) is 5.25. The van der Waals surface area contributed by atoms with Gasteiger partial charge < -0.3 is 10.1 Å².